The maximum Gasteiger partial charge on any atom is 0.195 e. The summed E-state index contributed by atoms with van der Waals surface area (Å²) in [4.78, 5) is 4.19. The van der Waals surface area contributed by atoms with Gasteiger partial charge < -0.3 is 24.8 Å². The Morgan fingerprint density at radius 1 is 1.09 bits per heavy atom. The van der Waals surface area contributed by atoms with Gasteiger partial charge in [0.15, 0.2) is 5.96 Å². The van der Waals surface area contributed by atoms with Crippen molar-refractivity contribution in [3.8, 4) is 5.75 Å². The van der Waals surface area contributed by atoms with Crippen LogP contribution in [0.15, 0.2) is 29.3 Å². The molecule has 2 N–H and O–H groups in total. The van der Waals surface area contributed by atoms with E-state index in [1.54, 1.807) is 21.3 Å². The highest BCUT2D eigenvalue weighted by molar-refractivity contribution is 5.93. The summed E-state index contributed by atoms with van der Waals surface area (Å²) >= 11 is 0. The highest BCUT2D eigenvalue weighted by atomic mass is 16.5. The van der Waals surface area contributed by atoms with E-state index < -0.39 is 0 Å². The van der Waals surface area contributed by atoms with Crippen LogP contribution in [-0.4, -0.2) is 53.6 Å². The molecule has 0 fully saturated rings. The summed E-state index contributed by atoms with van der Waals surface area (Å²) in [6, 6.07) is 7.82. The van der Waals surface area contributed by atoms with Crippen LogP contribution in [0.1, 0.15) is 12.8 Å². The largest absolute Gasteiger partial charge is 0.493 e. The fourth-order valence-electron chi connectivity index (χ4n) is 1.80. The maximum atomic E-state index is 5.68. The van der Waals surface area contributed by atoms with Gasteiger partial charge in [0.25, 0.3) is 0 Å². The molecule has 0 atom stereocenters. The van der Waals surface area contributed by atoms with Crippen molar-refractivity contribution in [1.82, 2.24) is 5.32 Å². The van der Waals surface area contributed by atoms with Crippen molar-refractivity contribution in [3.63, 3.8) is 0 Å². The molecule has 0 aliphatic carbocycles. The fourth-order valence-corrected chi connectivity index (χ4v) is 1.80. The Bertz CT molecular complexity index is 438. The van der Waals surface area contributed by atoms with Gasteiger partial charge in [0.2, 0.25) is 0 Å². The number of rotatable bonds is 10. The summed E-state index contributed by atoms with van der Waals surface area (Å²) in [6.45, 7) is 2.88. The fraction of sp³-hybridized carbons (Fsp3) is 0.562. The van der Waals surface area contributed by atoms with Gasteiger partial charge in [0.05, 0.1) is 6.61 Å². The molecule has 0 bridgehead atoms. The van der Waals surface area contributed by atoms with E-state index in [4.69, 9.17) is 14.2 Å². The monoisotopic (exact) mass is 309 g/mol. The third-order valence-electron chi connectivity index (χ3n) is 2.90. The smallest absolute Gasteiger partial charge is 0.195 e. The Hall–Kier alpha value is -1.79. The van der Waals surface area contributed by atoms with Crippen molar-refractivity contribution in [2.75, 3.05) is 52.9 Å². The third kappa shape index (κ3) is 7.85. The molecule has 1 rings (SSSR count). The number of hydrogen-bond donors (Lipinski definition) is 2. The van der Waals surface area contributed by atoms with E-state index in [9.17, 15) is 0 Å². The van der Waals surface area contributed by atoms with Gasteiger partial charge in [0.1, 0.15) is 5.75 Å². The molecule has 0 aliphatic heterocycles. The van der Waals surface area contributed by atoms with Crippen LogP contribution in [0.5, 0.6) is 5.75 Å². The van der Waals surface area contributed by atoms with Gasteiger partial charge in [-0.2, -0.15) is 0 Å². The highest BCUT2D eigenvalue weighted by Gasteiger charge is 2.01. The molecule has 0 saturated heterocycles. The van der Waals surface area contributed by atoms with Crippen LogP contribution in [0.3, 0.4) is 0 Å². The second-order valence-electron chi connectivity index (χ2n) is 4.69. The molecular formula is C16H27N3O3. The Morgan fingerprint density at radius 2 is 1.86 bits per heavy atom. The quantitative estimate of drug-likeness (QED) is 0.394. The minimum Gasteiger partial charge on any atom is -0.493 e. The first-order valence-electron chi connectivity index (χ1n) is 7.48. The molecule has 0 unspecified atom stereocenters. The minimum absolute atomic E-state index is 0.640. The van der Waals surface area contributed by atoms with E-state index in [1.165, 1.54) is 0 Å². The Morgan fingerprint density at radius 3 is 2.59 bits per heavy atom. The van der Waals surface area contributed by atoms with Gasteiger partial charge in [-0.05, 0) is 18.6 Å². The molecule has 124 valence electrons. The number of ether oxygens (including phenoxy) is 3. The number of nitrogens with zero attached hydrogens (tertiary/aromatic N) is 1. The molecule has 0 saturated carbocycles. The summed E-state index contributed by atoms with van der Waals surface area (Å²) in [5, 5.41) is 6.47. The van der Waals surface area contributed by atoms with Crippen molar-refractivity contribution in [2.24, 2.45) is 4.99 Å². The van der Waals surface area contributed by atoms with E-state index in [0.29, 0.717) is 13.2 Å². The molecule has 0 amide bonds. The molecule has 0 heterocycles. The van der Waals surface area contributed by atoms with Crippen LogP contribution in [0, 0.1) is 0 Å². The molecule has 22 heavy (non-hydrogen) atoms. The van der Waals surface area contributed by atoms with Gasteiger partial charge in [-0.1, -0.05) is 6.07 Å². The summed E-state index contributed by atoms with van der Waals surface area (Å²) in [7, 11) is 5.14. The predicted molar refractivity (Wildman–Crippen MR) is 89.9 cm³/mol. The van der Waals surface area contributed by atoms with Gasteiger partial charge in [-0.25, -0.2) is 0 Å². The van der Waals surface area contributed by atoms with E-state index in [0.717, 1.165) is 43.4 Å². The second-order valence-corrected chi connectivity index (χ2v) is 4.69. The first-order chi connectivity index (χ1) is 10.8. The zero-order valence-electron chi connectivity index (χ0n) is 13.7. The number of nitrogens with one attached hydrogen (secondary N) is 2. The van der Waals surface area contributed by atoms with Crippen molar-refractivity contribution in [3.05, 3.63) is 24.3 Å². The van der Waals surface area contributed by atoms with Gasteiger partial charge in [-0.15, -0.1) is 0 Å². The van der Waals surface area contributed by atoms with Crippen molar-refractivity contribution < 1.29 is 14.2 Å². The van der Waals surface area contributed by atoms with Crippen LogP contribution < -0.4 is 15.4 Å². The number of hydrogen-bond acceptors (Lipinski definition) is 4. The first kappa shape index (κ1) is 18.3. The number of guanidine groups is 1. The molecule has 0 aromatic heterocycles. The predicted octanol–water partition coefficient (Wildman–Crippen LogP) is 2.13. The molecule has 6 heteroatoms. The topological polar surface area (TPSA) is 64.1 Å². The summed E-state index contributed by atoms with van der Waals surface area (Å²) < 4.78 is 15.7. The van der Waals surface area contributed by atoms with Gasteiger partial charge in [-0.3, -0.25) is 4.99 Å². The number of aliphatic imine (C=N–C) groups is 1. The standard InChI is InChI=1S/C16H27N3O3/c1-17-16(18-9-5-10-20-2)19-14-7-4-8-15(13-14)22-12-6-11-21-3/h4,7-8,13H,5-6,9-12H2,1-3H3,(H2,17,18,19). The Balaban J connectivity index is 2.43. The van der Waals surface area contributed by atoms with E-state index in [1.807, 2.05) is 24.3 Å². The van der Waals surface area contributed by atoms with Crippen molar-refractivity contribution in [1.29, 1.82) is 0 Å². The average Bonchev–Trinajstić information content (AvgIpc) is 2.55. The molecular weight excluding hydrogens is 282 g/mol. The Labute approximate surface area is 132 Å². The van der Waals surface area contributed by atoms with Gasteiger partial charge >= 0.3 is 0 Å². The van der Waals surface area contributed by atoms with E-state index >= 15 is 0 Å². The zero-order chi connectivity index (χ0) is 16.0. The lowest BCUT2D eigenvalue weighted by Gasteiger charge is -2.13. The lowest BCUT2D eigenvalue weighted by molar-refractivity contribution is 0.172. The maximum absolute atomic E-state index is 5.68. The highest BCUT2D eigenvalue weighted by Crippen LogP contribution is 2.17. The number of anilines is 1. The van der Waals surface area contributed by atoms with Gasteiger partial charge in [0, 0.05) is 59.2 Å². The summed E-state index contributed by atoms with van der Waals surface area (Å²) in [5.41, 5.74) is 0.934. The van der Waals surface area contributed by atoms with Crippen LogP contribution in [0.25, 0.3) is 0 Å². The first-order valence-corrected chi connectivity index (χ1v) is 7.48. The van der Waals surface area contributed by atoms with Crippen LogP contribution >= 0.6 is 0 Å². The van der Waals surface area contributed by atoms with Crippen LogP contribution in [0.4, 0.5) is 5.69 Å². The van der Waals surface area contributed by atoms with Crippen molar-refractivity contribution >= 4 is 11.6 Å². The molecule has 1 aromatic rings. The average molecular weight is 309 g/mol. The third-order valence-corrected chi connectivity index (χ3v) is 2.90. The van der Waals surface area contributed by atoms with Crippen LogP contribution in [0.2, 0.25) is 0 Å². The SMILES string of the molecule is CN=C(NCCCOC)Nc1cccc(OCCCOC)c1. The Kier molecular flexibility index (Phi) is 9.81. The second kappa shape index (κ2) is 11.8. The van der Waals surface area contributed by atoms with E-state index in [2.05, 4.69) is 15.6 Å². The molecule has 0 radical (unpaired) electrons. The summed E-state index contributed by atoms with van der Waals surface area (Å²) in [6.07, 6.45) is 1.80. The zero-order valence-corrected chi connectivity index (χ0v) is 13.7. The molecule has 0 spiro atoms. The van der Waals surface area contributed by atoms with Crippen LogP contribution in [-0.2, 0) is 9.47 Å². The normalized spacial score (nSPS) is 11.3. The minimum atomic E-state index is 0.640. The number of methoxy groups -OCH3 is 2. The molecule has 1 aromatic carbocycles. The number of benzene rings is 1. The molecule has 0 aliphatic rings. The lowest BCUT2D eigenvalue weighted by Crippen LogP contribution is -2.31. The van der Waals surface area contributed by atoms with Crippen molar-refractivity contribution in [2.45, 2.75) is 12.8 Å². The lowest BCUT2D eigenvalue weighted by atomic mass is 10.3. The molecule has 6 nitrogen and oxygen atoms in total. The summed E-state index contributed by atoms with van der Waals surface area (Å²) in [5.74, 6) is 1.56. The van der Waals surface area contributed by atoms with E-state index in [-0.39, 0.29) is 0 Å².